The van der Waals surface area contributed by atoms with Gasteiger partial charge in [-0.25, -0.2) is 0 Å². The predicted octanol–water partition coefficient (Wildman–Crippen LogP) is 7.39. The lowest BCUT2D eigenvalue weighted by Gasteiger charge is -2.28. The van der Waals surface area contributed by atoms with Crippen LogP contribution in [0.5, 0.6) is 0 Å². The number of allylic oxidation sites excluding steroid dienone is 4. The van der Waals surface area contributed by atoms with Crippen molar-refractivity contribution in [1.29, 1.82) is 0 Å². The van der Waals surface area contributed by atoms with E-state index in [0.717, 1.165) is 6.54 Å². The fourth-order valence-electron chi connectivity index (χ4n) is 1.42. The Morgan fingerprint density at radius 1 is 0.909 bits per heavy atom. The van der Waals surface area contributed by atoms with Crippen molar-refractivity contribution < 1.29 is 0 Å². The molecule has 0 heterocycles. The van der Waals surface area contributed by atoms with Gasteiger partial charge in [0.25, 0.3) is 0 Å². The van der Waals surface area contributed by atoms with E-state index in [4.69, 9.17) is 0 Å². The Morgan fingerprint density at radius 3 is 1.45 bits per heavy atom. The lowest BCUT2D eigenvalue weighted by Crippen LogP contribution is -2.30. The summed E-state index contributed by atoms with van der Waals surface area (Å²) in [6.45, 7) is 29.2. The van der Waals surface area contributed by atoms with E-state index in [1.54, 1.807) is 0 Å². The zero-order valence-corrected chi connectivity index (χ0v) is 17.2. The molecule has 0 spiro atoms. The van der Waals surface area contributed by atoms with Crippen molar-refractivity contribution in [3.8, 4) is 0 Å². The van der Waals surface area contributed by atoms with Gasteiger partial charge in [0.2, 0.25) is 0 Å². The number of likely N-dealkylation sites (N-methyl/N-ethyl adjacent to an activating group) is 1. The Balaban J connectivity index is -0.000000136. The van der Waals surface area contributed by atoms with Gasteiger partial charge in [0.1, 0.15) is 0 Å². The van der Waals surface area contributed by atoms with Crippen molar-refractivity contribution in [3.05, 3.63) is 48.7 Å². The summed E-state index contributed by atoms with van der Waals surface area (Å²) in [6, 6.07) is 0.256. The van der Waals surface area contributed by atoms with Crippen LogP contribution < -0.4 is 0 Å². The molecular formula is C21H43N. The monoisotopic (exact) mass is 309 g/mol. The topological polar surface area (TPSA) is 3.24 Å². The van der Waals surface area contributed by atoms with Gasteiger partial charge < -0.3 is 4.90 Å². The second-order valence-corrected chi connectivity index (χ2v) is 4.17. The molecule has 0 saturated carbocycles. The molecule has 0 amide bonds. The first kappa shape index (κ1) is 28.9. The Bertz CT molecular complexity index is 276. The lowest BCUT2D eigenvalue weighted by molar-refractivity contribution is 0.347. The van der Waals surface area contributed by atoms with Crippen molar-refractivity contribution in [2.24, 2.45) is 0 Å². The largest absolute Gasteiger partial charge is 0.366 e. The van der Waals surface area contributed by atoms with Crippen LogP contribution in [0.15, 0.2) is 48.7 Å². The van der Waals surface area contributed by atoms with Crippen molar-refractivity contribution in [1.82, 2.24) is 4.90 Å². The van der Waals surface area contributed by atoms with Gasteiger partial charge in [0, 0.05) is 12.2 Å². The molecule has 0 fully saturated rings. The fourth-order valence-corrected chi connectivity index (χ4v) is 1.42. The van der Waals surface area contributed by atoms with Crippen molar-refractivity contribution in [2.75, 3.05) is 6.54 Å². The third kappa shape index (κ3) is 16.8. The van der Waals surface area contributed by atoms with Crippen LogP contribution in [-0.4, -0.2) is 17.5 Å². The summed E-state index contributed by atoms with van der Waals surface area (Å²) < 4.78 is 0. The molecule has 0 N–H and O–H groups in total. The van der Waals surface area contributed by atoms with Crippen LogP contribution in [0, 0.1) is 0 Å². The lowest BCUT2D eigenvalue weighted by atomic mass is 10.2. The minimum absolute atomic E-state index is 0.256. The van der Waals surface area contributed by atoms with Crippen molar-refractivity contribution in [3.63, 3.8) is 0 Å². The van der Waals surface area contributed by atoms with Gasteiger partial charge >= 0.3 is 0 Å². The van der Waals surface area contributed by atoms with E-state index in [1.807, 2.05) is 46.8 Å². The second-order valence-electron chi connectivity index (χ2n) is 4.17. The maximum atomic E-state index is 3.78. The number of nitrogens with zero attached hydrogens (tertiary/aromatic N) is 1. The molecule has 0 unspecified atom stereocenters. The van der Waals surface area contributed by atoms with Gasteiger partial charge in [-0.1, -0.05) is 64.5 Å². The Morgan fingerprint density at radius 2 is 1.32 bits per heavy atom. The molecule has 0 atom stereocenters. The van der Waals surface area contributed by atoms with Crippen LogP contribution in [0.2, 0.25) is 0 Å². The normalized spacial score (nSPS) is 10.1. The summed E-state index contributed by atoms with van der Waals surface area (Å²) in [5, 5.41) is 0. The maximum Gasteiger partial charge on any atom is 0.0648 e. The van der Waals surface area contributed by atoms with Crippen LogP contribution >= 0.6 is 0 Å². The Labute approximate surface area is 142 Å². The van der Waals surface area contributed by atoms with E-state index in [0.29, 0.717) is 0 Å². The summed E-state index contributed by atoms with van der Waals surface area (Å²) in [7, 11) is 0. The van der Waals surface area contributed by atoms with E-state index in [1.165, 1.54) is 17.7 Å². The van der Waals surface area contributed by atoms with E-state index in [-0.39, 0.29) is 6.04 Å². The van der Waals surface area contributed by atoms with E-state index in [9.17, 15) is 0 Å². The highest BCUT2D eigenvalue weighted by molar-refractivity contribution is 5.08. The fraction of sp³-hybridized carbons (Fsp3) is 0.619. The molecular weight excluding hydrogens is 266 g/mol. The van der Waals surface area contributed by atoms with E-state index < -0.39 is 0 Å². The summed E-state index contributed by atoms with van der Waals surface area (Å²) in [6.07, 6.45) is 9.24. The molecule has 0 radical (unpaired) electrons. The summed E-state index contributed by atoms with van der Waals surface area (Å²) in [5.74, 6) is 0. The highest BCUT2D eigenvalue weighted by Gasteiger charge is 2.08. The molecule has 1 nitrogen and oxygen atoms in total. The van der Waals surface area contributed by atoms with Crippen LogP contribution in [0.25, 0.3) is 0 Å². The first-order chi connectivity index (χ1) is 10.5. The third-order valence-corrected chi connectivity index (χ3v) is 3.10. The van der Waals surface area contributed by atoms with Gasteiger partial charge in [-0.2, -0.15) is 0 Å². The van der Waals surface area contributed by atoms with Crippen LogP contribution in [0.4, 0.5) is 0 Å². The molecule has 0 aliphatic heterocycles. The molecule has 22 heavy (non-hydrogen) atoms. The Kier molecular flexibility index (Phi) is 32.5. The minimum atomic E-state index is 0.256. The van der Waals surface area contributed by atoms with Gasteiger partial charge in [-0.15, -0.1) is 13.2 Å². The molecule has 0 aromatic carbocycles. The number of hydrogen-bond donors (Lipinski definition) is 0. The number of rotatable bonds is 6. The van der Waals surface area contributed by atoms with Crippen molar-refractivity contribution in [2.45, 2.75) is 81.7 Å². The zero-order chi connectivity index (χ0) is 18.6. The molecule has 0 aromatic heterocycles. The predicted molar refractivity (Wildman–Crippen MR) is 108 cm³/mol. The van der Waals surface area contributed by atoms with Gasteiger partial charge in [0.15, 0.2) is 0 Å². The van der Waals surface area contributed by atoms with Gasteiger partial charge in [0.05, 0.1) is 6.04 Å². The average Bonchev–Trinajstić information content (AvgIpc) is 2.61. The van der Waals surface area contributed by atoms with Crippen molar-refractivity contribution >= 4 is 0 Å². The molecule has 0 rings (SSSR count). The molecule has 0 aliphatic rings. The standard InChI is InChI=1S/C11H19N.C6H12.2C2H6/c1-6-10(5)12(9-4)11(7-2)8-3;1-4-6(3)5-2;2*1-2/h6-8,11H,2-3,9H2,1,4-5H3;4H,5H2,1-3H3;2*1-2H3/b10-6+;6-4-;;. The molecule has 0 aliphatic carbocycles. The molecule has 132 valence electrons. The minimum Gasteiger partial charge on any atom is -0.366 e. The van der Waals surface area contributed by atoms with Crippen LogP contribution in [0.1, 0.15) is 75.7 Å². The maximum absolute atomic E-state index is 3.78. The summed E-state index contributed by atoms with van der Waals surface area (Å²) >= 11 is 0. The average molecular weight is 310 g/mol. The summed E-state index contributed by atoms with van der Waals surface area (Å²) in [4.78, 5) is 2.25. The Hall–Kier alpha value is -1.24. The number of hydrogen-bond acceptors (Lipinski definition) is 1. The first-order valence-electron chi connectivity index (χ1n) is 8.78. The zero-order valence-electron chi connectivity index (χ0n) is 17.2. The van der Waals surface area contributed by atoms with Gasteiger partial charge in [-0.3, -0.25) is 0 Å². The van der Waals surface area contributed by atoms with E-state index in [2.05, 4.69) is 64.8 Å². The smallest absolute Gasteiger partial charge is 0.0648 e. The van der Waals surface area contributed by atoms with Gasteiger partial charge in [-0.05, 0) is 41.0 Å². The quantitative estimate of drug-likeness (QED) is 0.462. The molecule has 0 bridgehead atoms. The van der Waals surface area contributed by atoms with Crippen LogP contribution in [0.3, 0.4) is 0 Å². The molecule has 0 aromatic rings. The van der Waals surface area contributed by atoms with E-state index >= 15 is 0 Å². The SMILES string of the molecule is C/C=C(/C)CC.C=CC(C=C)N(CC)/C(C)=C/C.CC.CC. The molecule has 1 heteroatoms. The van der Waals surface area contributed by atoms with Crippen LogP contribution in [-0.2, 0) is 0 Å². The highest BCUT2D eigenvalue weighted by atomic mass is 15.1. The second kappa shape index (κ2) is 24.8. The first-order valence-corrected chi connectivity index (χ1v) is 8.78. The third-order valence-electron chi connectivity index (χ3n) is 3.10. The summed E-state index contributed by atoms with van der Waals surface area (Å²) in [5.41, 5.74) is 2.73. The molecule has 0 saturated heterocycles. The highest BCUT2D eigenvalue weighted by Crippen LogP contribution is 2.10.